The van der Waals surface area contributed by atoms with E-state index in [1.54, 1.807) is 24.3 Å². The number of benzene rings is 1. The van der Waals surface area contributed by atoms with Crippen LogP contribution in [0.25, 0.3) is 0 Å². The first-order chi connectivity index (χ1) is 10.5. The zero-order chi connectivity index (χ0) is 16.4. The minimum Gasteiger partial charge on any atom is -0.399 e. The van der Waals surface area contributed by atoms with Gasteiger partial charge < -0.3 is 30.3 Å². The lowest BCUT2D eigenvalue weighted by molar-refractivity contribution is 0.0121. The smallest absolute Gasteiger partial charge is 0.251 e. The first kappa shape index (κ1) is 18.8. The van der Waals surface area contributed by atoms with E-state index >= 15 is 0 Å². The molecule has 22 heavy (non-hydrogen) atoms. The van der Waals surface area contributed by atoms with Crippen molar-refractivity contribution in [3.8, 4) is 0 Å². The number of aliphatic hydroxyl groups is 1. The van der Waals surface area contributed by atoms with E-state index in [9.17, 15) is 9.90 Å². The number of anilines is 1. The van der Waals surface area contributed by atoms with Gasteiger partial charge >= 0.3 is 0 Å². The van der Waals surface area contributed by atoms with Crippen LogP contribution < -0.4 is 11.1 Å². The molecule has 0 aliphatic rings. The summed E-state index contributed by atoms with van der Waals surface area (Å²) in [6.45, 7) is 2.61. The van der Waals surface area contributed by atoms with E-state index < -0.39 is 14.5 Å². The van der Waals surface area contributed by atoms with Crippen LogP contribution in [0.3, 0.4) is 0 Å². The molecule has 0 aromatic heterocycles. The fraction of sp³-hybridized carbons (Fsp3) is 0.500. The lowest BCUT2D eigenvalue weighted by Gasteiger charge is -2.12. The number of carbonyl (C=O) groups is 1. The van der Waals surface area contributed by atoms with E-state index in [1.807, 2.05) is 0 Å². The zero-order valence-electron chi connectivity index (χ0n) is 12.6. The summed E-state index contributed by atoms with van der Waals surface area (Å²) in [5.41, 5.74) is 6.73. The van der Waals surface area contributed by atoms with E-state index in [2.05, 4.69) is 5.32 Å². The second-order valence-corrected chi connectivity index (χ2v) is 5.91. The van der Waals surface area contributed by atoms with Gasteiger partial charge in [0.05, 0.1) is 13.2 Å². The van der Waals surface area contributed by atoms with Gasteiger partial charge in [0.25, 0.3) is 5.91 Å². The molecule has 2 unspecified atom stereocenters. The Hall–Kier alpha value is -1.24. The van der Waals surface area contributed by atoms with Gasteiger partial charge in [-0.05, 0) is 30.7 Å². The van der Waals surface area contributed by atoms with E-state index in [1.165, 1.54) is 6.66 Å². The number of rotatable bonds is 10. The first-order valence-corrected chi connectivity index (χ1v) is 8.60. The summed E-state index contributed by atoms with van der Waals surface area (Å²) < 4.78 is 10.2. The van der Waals surface area contributed by atoms with Crippen molar-refractivity contribution in [2.75, 3.05) is 38.8 Å². The van der Waals surface area contributed by atoms with E-state index in [-0.39, 0.29) is 19.1 Å². The molecule has 8 heteroatoms. The van der Waals surface area contributed by atoms with Crippen LogP contribution in [0.1, 0.15) is 16.8 Å². The van der Waals surface area contributed by atoms with Crippen molar-refractivity contribution >= 4 is 20.0 Å². The topological polar surface area (TPSA) is 114 Å². The Morgan fingerprint density at radius 1 is 1.36 bits per heavy atom. The molecule has 0 saturated heterocycles. The van der Waals surface area contributed by atoms with Crippen LogP contribution in [0.15, 0.2) is 24.3 Å². The third-order valence-corrected chi connectivity index (χ3v) is 3.21. The van der Waals surface area contributed by atoms with Crippen molar-refractivity contribution in [3.63, 3.8) is 0 Å². The number of amides is 1. The highest BCUT2D eigenvalue weighted by atomic mass is 31.2. The van der Waals surface area contributed by atoms with E-state index in [4.69, 9.17) is 19.9 Å². The summed E-state index contributed by atoms with van der Waals surface area (Å²) in [5.74, 6) is -0.160. The third-order valence-electron chi connectivity index (χ3n) is 2.69. The fourth-order valence-corrected chi connectivity index (χ4v) is 1.96. The van der Waals surface area contributed by atoms with Crippen molar-refractivity contribution in [1.29, 1.82) is 0 Å². The van der Waals surface area contributed by atoms with Gasteiger partial charge in [-0.2, -0.15) is 0 Å². The maximum Gasteiger partial charge on any atom is 0.251 e. The molecule has 0 aliphatic carbocycles. The molecule has 0 bridgehead atoms. The number of hydrogen-bond donors (Lipinski definition) is 4. The lowest BCUT2D eigenvalue weighted by atomic mass is 10.2. The maximum atomic E-state index is 11.8. The molecule has 0 heterocycles. The summed E-state index contributed by atoms with van der Waals surface area (Å²) >= 11 is 0. The number of carbonyl (C=O) groups excluding carboxylic acids is 1. The number of nitrogen functional groups attached to an aromatic ring is 1. The van der Waals surface area contributed by atoms with Crippen molar-refractivity contribution < 1.29 is 24.1 Å². The predicted molar refractivity (Wildman–Crippen MR) is 85.6 cm³/mol. The Kier molecular flexibility index (Phi) is 8.96. The van der Waals surface area contributed by atoms with Gasteiger partial charge in [-0.15, -0.1) is 0 Å². The van der Waals surface area contributed by atoms with Gasteiger partial charge in [0.15, 0.2) is 8.38 Å². The van der Waals surface area contributed by atoms with Crippen LogP contribution in [0.5, 0.6) is 0 Å². The number of nitrogens with two attached hydrogens (primary N) is 1. The highest BCUT2D eigenvalue weighted by molar-refractivity contribution is 7.45. The molecule has 124 valence electrons. The highest BCUT2D eigenvalue weighted by Crippen LogP contribution is 2.24. The predicted octanol–water partition coefficient (Wildman–Crippen LogP) is 0.717. The number of aliphatic hydroxyl groups excluding tert-OH is 1. The standard InChI is InChI=1S/C14H23N2O5P/c1-22(19)21-10-13(17)9-20-8-2-7-16-14(18)11-3-5-12(15)6-4-11/h3-6,13,17,19H,2,7-10,15H2,1H3,(H,16,18). The Morgan fingerprint density at radius 2 is 2.05 bits per heavy atom. The van der Waals surface area contributed by atoms with E-state index in [0.717, 1.165) is 0 Å². The molecule has 0 saturated carbocycles. The summed E-state index contributed by atoms with van der Waals surface area (Å²) in [5, 5.41) is 12.3. The molecule has 1 aromatic carbocycles. The average molecular weight is 330 g/mol. The minimum atomic E-state index is -1.46. The molecule has 7 nitrogen and oxygen atoms in total. The Balaban J connectivity index is 2.05. The molecule has 1 rings (SSSR count). The average Bonchev–Trinajstić information content (AvgIpc) is 2.49. The van der Waals surface area contributed by atoms with Crippen molar-refractivity contribution in [1.82, 2.24) is 5.32 Å². The molecule has 0 radical (unpaired) electrons. The third kappa shape index (κ3) is 8.26. The SMILES string of the molecule is CP(O)OCC(O)COCCCNC(=O)c1ccc(N)cc1. The molecular formula is C14H23N2O5P. The number of hydrogen-bond acceptors (Lipinski definition) is 6. The second kappa shape index (κ2) is 10.5. The van der Waals surface area contributed by atoms with Crippen LogP contribution in [0.4, 0.5) is 5.69 Å². The van der Waals surface area contributed by atoms with Crippen molar-refractivity contribution in [3.05, 3.63) is 29.8 Å². The number of nitrogens with one attached hydrogen (secondary N) is 1. The molecular weight excluding hydrogens is 307 g/mol. The zero-order valence-corrected chi connectivity index (χ0v) is 13.5. The summed E-state index contributed by atoms with van der Waals surface area (Å²) in [6.07, 6.45) is -0.129. The van der Waals surface area contributed by atoms with Crippen LogP contribution in [-0.4, -0.2) is 55.0 Å². The highest BCUT2D eigenvalue weighted by Gasteiger charge is 2.07. The van der Waals surface area contributed by atoms with Gasteiger partial charge in [0.1, 0.15) is 6.10 Å². The Morgan fingerprint density at radius 3 is 2.68 bits per heavy atom. The summed E-state index contributed by atoms with van der Waals surface area (Å²) in [4.78, 5) is 20.7. The van der Waals surface area contributed by atoms with Gasteiger partial charge in [-0.3, -0.25) is 4.79 Å². The molecule has 5 N–H and O–H groups in total. The largest absolute Gasteiger partial charge is 0.399 e. The lowest BCUT2D eigenvalue weighted by Crippen LogP contribution is -2.26. The molecule has 1 amide bonds. The monoisotopic (exact) mass is 330 g/mol. The molecule has 0 aliphatic heterocycles. The van der Waals surface area contributed by atoms with Gasteiger partial charge in [-0.1, -0.05) is 0 Å². The molecule has 2 atom stereocenters. The van der Waals surface area contributed by atoms with E-state index in [0.29, 0.717) is 30.8 Å². The van der Waals surface area contributed by atoms with Crippen LogP contribution >= 0.6 is 8.38 Å². The Labute approximate surface area is 131 Å². The summed E-state index contributed by atoms with van der Waals surface area (Å²) in [6, 6.07) is 6.69. The summed E-state index contributed by atoms with van der Waals surface area (Å²) in [7, 11) is -1.46. The normalized spacial score (nSPS) is 13.6. The molecule has 1 aromatic rings. The van der Waals surface area contributed by atoms with Crippen LogP contribution in [-0.2, 0) is 9.26 Å². The van der Waals surface area contributed by atoms with Gasteiger partial charge in [0.2, 0.25) is 0 Å². The fourth-order valence-electron chi connectivity index (χ4n) is 1.57. The van der Waals surface area contributed by atoms with Crippen LogP contribution in [0.2, 0.25) is 0 Å². The molecule has 0 spiro atoms. The minimum absolute atomic E-state index is 0.0482. The molecule has 0 fully saturated rings. The Bertz CT molecular complexity index is 441. The van der Waals surface area contributed by atoms with Gasteiger partial charge in [0, 0.05) is 31.1 Å². The van der Waals surface area contributed by atoms with Crippen molar-refractivity contribution in [2.45, 2.75) is 12.5 Å². The van der Waals surface area contributed by atoms with Gasteiger partial charge in [-0.25, -0.2) is 0 Å². The van der Waals surface area contributed by atoms with Crippen molar-refractivity contribution in [2.24, 2.45) is 0 Å². The quantitative estimate of drug-likeness (QED) is 0.285. The first-order valence-electron chi connectivity index (χ1n) is 6.94. The maximum absolute atomic E-state index is 11.8. The number of ether oxygens (including phenoxy) is 1. The second-order valence-electron chi connectivity index (χ2n) is 4.72. The van der Waals surface area contributed by atoms with Crippen LogP contribution in [0, 0.1) is 0 Å².